The third kappa shape index (κ3) is 13.8. The van der Waals surface area contributed by atoms with Gasteiger partial charge >= 0.3 is 5.97 Å². The molecule has 33 heavy (non-hydrogen) atoms. The molecule has 0 heterocycles. The molecule has 0 spiro atoms. The van der Waals surface area contributed by atoms with Crippen LogP contribution in [0.5, 0.6) is 0 Å². The summed E-state index contributed by atoms with van der Waals surface area (Å²) in [5.41, 5.74) is 0. The maximum atomic E-state index is 12.2. The van der Waals surface area contributed by atoms with Crippen molar-refractivity contribution < 1.29 is 39.8 Å². The molecule has 1 fully saturated rings. The van der Waals surface area contributed by atoms with Crippen LogP contribution in [0.15, 0.2) is 12.2 Å². The average molecular weight is 474 g/mol. The first-order valence-electron chi connectivity index (χ1n) is 12.3. The molecule has 0 aromatic carbocycles. The third-order valence-corrected chi connectivity index (χ3v) is 6.22. The number of carbonyl (C=O) groups excluding carboxylic acids is 2. The molecule has 9 nitrogen and oxygen atoms in total. The van der Waals surface area contributed by atoms with Crippen molar-refractivity contribution in [3.8, 4) is 0 Å². The number of hydrogen-bond donors (Lipinski definition) is 4. The van der Waals surface area contributed by atoms with E-state index in [1.165, 1.54) is 19.3 Å². The summed E-state index contributed by atoms with van der Waals surface area (Å²) in [6, 6.07) is 0. The molecule has 0 unspecified atom stereocenters. The zero-order chi connectivity index (χ0) is 24.5. The van der Waals surface area contributed by atoms with Crippen molar-refractivity contribution >= 4 is 11.8 Å². The monoisotopic (exact) mass is 473 g/mol. The number of rotatable bonds is 19. The zero-order valence-corrected chi connectivity index (χ0v) is 19.9. The number of Topliss-reactive ketones (excluding diaryl/α,β-unsaturated/α-hetero) is 1. The Kier molecular flexibility index (Phi) is 16.2. The van der Waals surface area contributed by atoms with E-state index in [0.29, 0.717) is 44.9 Å². The largest absolute Gasteiger partial charge is 0.463 e. The van der Waals surface area contributed by atoms with Gasteiger partial charge < -0.3 is 14.9 Å². The van der Waals surface area contributed by atoms with E-state index in [9.17, 15) is 19.8 Å². The summed E-state index contributed by atoms with van der Waals surface area (Å²) in [7, 11) is 0. The van der Waals surface area contributed by atoms with Gasteiger partial charge in [-0.15, -0.1) is 0 Å². The first-order valence-corrected chi connectivity index (χ1v) is 12.3. The summed E-state index contributed by atoms with van der Waals surface area (Å²) < 4.78 is 4.88. The van der Waals surface area contributed by atoms with Crippen LogP contribution in [0.1, 0.15) is 90.4 Å². The van der Waals surface area contributed by atoms with Gasteiger partial charge in [0.25, 0.3) is 0 Å². The summed E-state index contributed by atoms with van der Waals surface area (Å²) in [4.78, 5) is 28.0. The summed E-state index contributed by atoms with van der Waals surface area (Å²) in [5.74, 6) is -0.271. The Morgan fingerprint density at radius 2 is 1.64 bits per heavy atom. The quantitative estimate of drug-likeness (QED) is 0.0957. The molecule has 0 bridgehead atoms. The highest BCUT2D eigenvalue weighted by Gasteiger charge is 2.40. The van der Waals surface area contributed by atoms with Crippen LogP contribution in [0.3, 0.4) is 0 Å². The van der Waals surface area contributed by atoms with Crippen molar-refractivity contribution in [1.82, 2.24) is 5.39 Å². The molecule has 0 aromatic heterocycles. The van der Waals surface area contributed by atoms with Gasteiger partial charge in [-0.3, -0.25) is 20.0 Å². The van der Waals surface area contributed by atoms with E-state index in [1.807, 2.05) is 12.2 Å². The summed E-state index contributed by atoms with van der Waals surface area (Å²) in [6.07, 6.45) is 12.6. The molecule has 4 atom stereocenters. The molecule has 0 radical (unpaired) electrons. The predicted octanol–water partition coefficient (Wildman–Crippen LogP) is 3.73. The fourth-order valence-corrected chi connectivity index (χ4v) is 4.37. The van der Waals surface area contributed by atoms with Gasteiger partial charge in [-0.05, 0) is 50.4 Å². The van der Waals surface area contributed by atoms with E-state index in [0.717, 1.165) is 12.8 Å². The molecule has 9 heteroatoms. The van der Waals surface area contributed by atoms with Crippen molar-refractivity contribution in [3.63, 3.8) is 0 Å². The highest BCUT2D eigenvalue weighted by Crippen LogP contribution is 2.38. The van der Waals surface area contributed by atoms with Crippen LogP contribution >= 0.6 is 0 Å². The Balaban J connectivity index is 2.24. The molecule has 0 saturated heterocycles. The molecule has 192 valence electrons. The lowest BCUT2D eigenvalue weighted by Crippen LogP contribution is -2.22. The standard InChI is InChI=1S/C24H43NO8/c1-2-3-4-5-8-11-19(26)14-15-21-20(22(27)18-23(21)28)12-9-6-7-10-13-24(29)32-16-17-33-25(30)31/h6,9,20-23,27-28,30-31H,2-5,7-8,10-18H2,1H3/b9-6-/t20-,21-,22+,23-/m1/s1. The SMILES string of the molecule is CCCCCCCC(=O)CC[C@@H]1[C@@H](C/C=C\CCCC(=O)OCCON(O)O)[C@@H](O)C[C@H]1O. The summed E-state index contributed by atoms with van der Waals surface area (Å²) in [6.45, 7) is 1.94. The minimum Gasteiger partial charge on any atom is -0.463 e. The van der Waals surface area contributed by atoms with Gasteiger partial charge in [0.2, 0.25) is 0 Å². The van der Waals surface area contributed by atoms with E-state index in [2.05, 4.69) is 11.8 Å². The number of hydrogen-bond acceptors (Lipinski definition) is 9. The number of nitrogens with zero attached hydrogens (tertiary/aromatic N) is 1. The number of carbonyl (C=O) groups is 2. The first kappa shape index (κ1) is 29.7. The van der Waals surface area contributed by atoms with Gasteiger partial charge in [-0.2, -0.15) is 0 Å². The van der Waals surface area contributed by atoms with Crippen LogP contribution in [0.2, 0.25) is 0 Å². The van der Waals surface area contributed by atoms with Crippen molar-refractivity contribution in [3.05, 3.63) is 12.2 Å². The van der Waals surface area contributed by atoms with E-state index < -0.39 is 17.6 Å². The molecule has 1 rings (SSSR count). The second kappa shape index (κ2) is 18.0. The molecule has 1 aliphatic carbocycles. The van der Waals surface area contributed by atoms with E-state index in [-0.39, 0.29) is 43.2 Å². The molecule has 0 amide bonds. The number of aliphatic hydroxyl groups excluding tert-OH is 2. The Morgan fingerprint density at radius 1 is 0.909 bits per heavy atom. The topological polar surface area (TPSA) is 137 Å². The molecule has 4 N–H and O–H groups in total. The van der Waals surface area contributed by atoms with Crippen molar-refractivity contribution in [2.24, 2.45) is 11.8 Å². The fraction of sp³-hybridized carbons (Fsp3) is 0.833. The van der Waals surface area contributed by atoms with Gasteiger partial charge in [0.1, 0.15) is 19.0 Å². The molecule has 1 saturated carbocycles. The maximum Gasteiger partial charge on any atom is 0.305 e. The minimum atomic E-state index is -0.571. The van der Waals surface area contributed by atoms with Crippen molar-refractivity contribution in [1.29, 1.82) is 0 Å². The minimum absolute atomic E-state index is 0.0591. The first-order chi connectivity index (χ1) is 15.8. The zero-order valence-electron chi connectivity index (χ0n) is 19.9. The second-order valence-corrected chi connectivity index (χ2v) is 8.85. The summed E-state index contributed by atoms with van der Waals surface area (Å²) in [5, 5.41) is 37.0. The lowest BCUT2D eigenvalue weighted by molar-refractivity contribution is -0.493. The Morgan fingerprint density at radius 3 is 2.36 bits per heavy atom. The average Bonchev–Trinajstić information content (AvgIpc) is 3.04. The molecular formula is C24H43NO8. The van der Waals surface area contributed by atoms with Crippen LogP contribution in [-0.2, 0) is 19.2 Å². The highest BCUT2D eigenvalue weighted by atomic mass is 17.1. The lowest BCUT2D eigenvalue weighted by atomic mass is 9.86. The smallest absolute Gasteiger partial charge is 0.305 e. The van der Waals surface area contributed by atoms with Crippen molar-refractivity contribution in [2.75, 3.05) is 13.2 Å². The Hall–Kier alpha value is -1.36. The van der Waals surface area contributed by atoms with E-state index in [4.69, 9.17) is 15.2 Å². The van der Waals surface area contributed by atoms with Gasteiger partial charge in [0.15, 0.2) is 0 Å². The van der Waals surface area contributed by atoms with Gasteiger partial charge in [-0.1, -0.05) is 44.8 Å². The van der Waals surface area contributed by atoms with Crippen LogP contribution in [0.4, 0.5) is 0 Å². The number of esters is 1. The van der Waals surface area contributed by atoms with Crippen LogP contribution in [0.25, 0.3) is 0 Å². The second-order valence-electron chi connectivity index (χ2n) is 8.85. The molecule has 1 aliphatic rings. The van der Waals surface area contributed by atoms with E-state index >= 15 is 0 Å². The Labute approximate surface area is 197 Å². The lowest BCUT2D eigenvalue weighted by Gasteiger charge is -2.22. The number of ether oxygens (including phenoxy) is 1. The normalized spacial score (nSPS) is 23.0. The highest BCUT2D eigenvalue weighted by molar-refractivity contribution is 5.78. The number of aliphatic hydroxyl groups is 2. The Bertz CT molecular complexity index is 569. The summed E-state index contributed by atoms with van der Waals surface area (Å²) >= 11 is 0. The van der Waals surface area contributed by atoms with Gasteiger partial charge in [-0.25, -0.2) is 4.84 Å². The predicted molar refractivity (Wildman–Crippen MR) is 121 cm³/mol. The molecular weight excluding hydrogens is 430 g/mol. The molecule has 0 aromatic rings. The van der Waals surface area contributed by atoms with E-state index in [1.54, 1.807) is 0 Å². The van der Waals surface area contributed by atoms with Crippen LogP contribution in [0, 0.1) is 11.8 Å². The van der Waals surface area contributed by atoms with Crippen LogP contribution < -0.4 is 0 Å². The fourth-order valence-electron chi connectivity index (χ4n) is 4.37. The van der Waals surface area contributed by atoms with Crippen molar-refractivity contribution in [2.45, 2.75) is 103 Å². The number of unbranched alkanes of at least 4 members (excludes halogenated alkanes) is 5. The maximum absolute atomic E-state index is 12.2. The van der Waals surface area contributed by atoms with Gasteiger partial charge in [0, 0.05) is 19.3 Å². The number of allylic oxidation sites excluding steroid dienone is 2. The number of ketones is 1. The molecule has 0 aliphatic heterocycles. The third-order valence-electron chi connectivity index (χ3n) is 6.22. The van der Waals surface area contributed by atoms with Gasteiger partial charge in [0.05, 0.1) is 17.6 Å². The van der Waals surface area contributed by atoms with Crippen LogP contribution in [-0.4, -0.2) is 63.2 Å².